The fraction of sp³-hybridized carbons (Fsp3) is 0.385. The summed E-state index contributed by atoms with van der Waals surface area (Å²) in [5, 5.41) is 0.687. The Balaban J connectivity index is 2.39. The molecule has 0 unspecified atom stereocenters. The van der Waals surface area contributed by atoms with Crippen LogP contribution in [0.2, 0.25) is 5.02 Å². The van der Waals surface area contributed by atoms with E-state index in [4.69, 9.17) is 11.6 Å². The smallest absolute Gasteiger partial charge is 0.216 e. The minimum absolute atomic E-state index is 0.582. The third-order valence-electron chi connectivity index (χ3n) is 2.98. The molecule has 0 spiro atoms. The number of fused-ring (bicyclic) bond motifs is 1. The molecule has 0 bridgehead atoms. The van der Waals surface area contributed by atoms with Crippen LogP contribution in [0.25, 0.3) is 11.0 Å². The number of amides is 1. The first-order chi connectivity index (χ1) is 8.67. The normalized spacial score (nSPS) is 10.8. The standard InChI is InChI=1S/C13H16ClN3O/c1-3-4-7-17(8-18)13-15-11-6-5-10(14)9(2)12(11)16-13/h5-6,8H,3-4,7H2,1-2H3,(H,15,16). The van der Waals surface area contributed by atoms with Gasteiger partial charge in [0.05, 0.1) is 11.0 Å². The van der Waals surface area contributed by atoms with E-state index in [-0.39, 0.29) is 0 Å². The summed E-state index contributed by atoms with van der Waals surface area (Å²) < 4.78 is 0. The predicted molar refractivity (Wildman–Crippen MR) is 74.2 cm³/mol. The molecule has 1 aromatic carbocycles. The van der Waals surface area contributed by atoms with Crippen molar-refractivity contribution in [1.29, 1.82) is 0 Å². The number of carbonyl (C=O) groups is 1. The molecule has 0 aliphatic heterocycles. The van der Waals surface area contributed by atoms with E-state index < -0.39 is 0 Å². The Morgan fingerprint density at radius 1 is 1.50 bits per heavy atom. The zero-order valence-corrected chi connectivity index (χ0v) is 11.3. The molecule has 2 rings (SSSR count). The Morgan fingerprint density at radius 3 is 2.94 bits per heavy atom. The van der Waals surface area contributed by atoms with Crippen molar-refractivity contribution in [2.24, 2.45) is 0 Å². The summed E-state index contributed by atoms with van der Waals surface area (Å²) in [5.41, 5.74) is 2.65. The number of imidazole rings is 1. The molecular weight excluding hydrogens is 250 g/mol. The van der Waals surface area contributed by atoms with Gasteiger partial charge in [-0.25, -0.2) is 4.98 Å². The molecule has 0 aliphatic rings. The molecule has 0 fully saturated rings. The zero-order chi connectivity index (χ0) is 13.1. The van der Waals surface area contributed by atoms with Crippen LogP contribution in [0, 0.1) is 6.92 Å². The number of anilines is 1. The van der Waals surface area contributed by atoms with Crippen LogP contribution in [-0.2, 0) is 4.79 Å². The molecule has 5 heteroatoms. The summed E-state index contributed by atoms with van der Waals surface area (Å²) in [5.74, 6) is 0.582. The summed E-state index contributed by atoms with van der Waals surface area (Å²) in [6.07, 6.45) is 2.80. The second kappa shape index (κ2) is 5.40. The number of aromatic amines is 1. The maximum Gasteiger partial charge on any atom is 0.216 e. The van der Waals surface area contributed by atoms with Crippen molar-refractivity contribution in [2.45, 2.75) is 26.7 Å². The number of hydrogen-bond donors (Lipinski definition) is 1. The van der Waals surface area contributed by atoms with Gasteiger partial charge in [-0.05, 0) is 31.0 Å². The summed E-state index contributed by atoms with van der Waals surface area (Å²) >= 11 is 6.06. The fourth-order valence-corrected chi connectivity index (χ4v) is 2.00. The van der Waals surface area contributed by atoms with Gasteiger partial charge in [-0.3, -0.25) is 9.69 Å². The van der Waals surface area contributed by atoms with Gasteiger partial charge in [0, 0.05) is 11.6 Å². The van der Waals surface area contributed by atoms with Crippen LogP contribution in [0.15, 0.2) is 12.1 Å². The quantitative estimate of drug-likeness (QED) is 0.844. The van der Waals surface area contributed by atoms with E-state index in [1.807, 2.05) is 19.1 Å². The van der Waals surface area contributed by atoms with Gasteiger partial charge < -0.3 is 4.98 Å². The number of hydrogen-bond acceptors (Lipinski definition) is 2. The SMILES string of the molecule is CCCCN(C=O)c1nc2c(C)c(Cl)ccc2[nH]1. The molecule has 1 N–H and O–H groups in total. The fourth-order valence-electron chi connectivity index (χ4n) is 1.85. The van der Waals surface area contributed by atoms with Crippen LogP contribution in [0.4, 0.5) is 5.95 Å². The zero-order valence-electron chi connectivity index (χ0n) is 10.5. The van der Waals surface area contributed by atoms with Gasteiger partial charge in [0.15, 0.2) is 0 Å². The number of nitrogens with zero attached hydrogens (tertiary/aromatic N) is 2. The van der Waals surface area contributed by atoms with Crippen LogP contribution in [0.5, 0.6) is 0 Å². The lowest BCUT2D eigenvalue weighted by Gasteiger charge is -2.12. The molecule has 0 saturated carbocycles. The van der Waals surface area contributed by atoms with Gasteiger partial charge in [-0.2, -0.15) is 0 Å². The second-order valence-electron chi connectivity index (χ2n) is 4.28. The highest BCUT2D eigenvalue weighted by Gasteiger charge is 2.12. The van der Waals surface area contributed by atoms with Crippen molar-refractivity contribution >= 4 is 35.0 Å². The van der Waals surface area contributed by atoms with E-state index in [0.29, 0.717) is 17.5 Å². The Bertz CT molecular complexity index is 565. The number of H-pyrrole nitrogens is 1. The van der Waals surface area contributed by atoms with Crippen molar-refractivity contribution in [2.75, 3.05) is 11.4 Å². The average Bonchev–Trinajstić information content (AvgIpc) is 2.80. The number of carbonyl (C=O) groups excluding carboxylic acids is 1. The van der Waals surface area contributed by atoms with Crippen molar-refractivity contribution in [3.05, 3.63) is 22.7 Å². The van der Waals surface area contributed by atoms with Gasteiger partial charge in [-0.15, -0.1) is 0 Å². The molecule has 2 aromatic rings. The molecule has 1 amide bonds. The van der Waals surface area contributed by atoms with Crippen LogP contribution in [0.3, 0.4) is 0 Å². The molecule has 1 aromatic heterocycles. The number of halogens is 1. The number of unbranched alkanes of at least 4 members (excludes halogenated alkanes) is 1. The number of aryl methyl sites for hydroxylation is 1. The molecule has 1 heterocycles. The number of aromatic nitrogens is 2. The Hall–Kier alpha value is -1.55. The molecule has 0 radical (unpaired) electrons. The number of benzene rings is 1. The minimum Gasteiger partial charge on any atom is -0.324 e. The monoisotopic (exact) mass is 265 g/mol. The first-order valence-corrected chi connectivity index (χ1v) is 6.42. The highest BCUT2D eigenvalue weighted by Crippen LogP contribution is 2.25. The first-order valence-electron chi connectivity index (χ1n) is 6.04. The predicted octanol–water partition coefficient (Wildman–Crippen LogP) is 3.29. The van der Waals surface area contributed by atoms with Crippen LogP contribution >= 0.6 is 11.6 Å². The van der Waals surface area contributed by atoms with E-state index in [1.54, 1.807) is 4.90 Å². The summed E-state index contributed by atoms with van der Waals surface area (Å²) in [6.45, 7) is 4.69. The Morgan fingerprint density at radius 2 is 2.28 bits per heavy atom. The highest BCUT2D eigenvalue weighted by molar-refractivity contribution is 6.32. The van der Waals surface area contributed by atoms with Crippen molar-refractivity contribution in [1.82, 2.24) is 9.97 Å². The van der Waals surface area contributed by atoms with E-state index in [9.17, 15) is 4.79 Å². The Labute approximate surface area is 111 Å². The lowest BCUT2D eigenvalue weighted by molar-refractivity contribution is -0.107. The lowest BCUT2D eigenvalue weighted by atomic mass is 10.2. The molecule has 4 nitrogen and oxygen atoms in total. The minimum atomic E-state index is 0.582. The molecule has 18 heavy (non-hydrogen) atoms. The summed E-state index contributed by atoms with van der Waals surface area (Å²) in [6, 6.07) is 3.71. The number of rotatable bonds is 5. The largest absolute Gasteiger partial charge is 0.324 e. The number of nitrogens with one attached hydrogen (secondary N) is 1. The van der Waals surface area contributed by atoms with Gasteiger partial charge in [0.25, 0.3) is 0 Å². The van der Waals surface area contributed by atoms with Crippen LogP contribution < -0.4 is 4.90 Å². The molecule has 96 valence electrons. The Kier molecular flexibility index (Phi) is 3.87. The van der Waals surface area contributed by atoms with Gasteiger partial charge in [0.2, 0.25) is 12.4 Å². The second-order valence-corrected chi connectivity index (χ2v) is 4.69. The highest BCUT2D eigenvalue weighted by atomic mass is 35.5. The third kappa shape index (κ3) is 2.34. The maximum absolute atomic E-state index is 11.1. The molecular formula is C13H16ClN3O. The van der Waals surface area contributed by atoms with Gasteiger partial charge in [0.1, 0.15) is 0 Å². The summed E-state index contributed by atoms with van der Waals surface area (Å²) in [7, 11) is 0. The van der Waals surface area contributed by atoms with Crippen molar-refractivity contribution < 1.29 is 4.79 Å². The lowest BCUT2D eigenvalue weighted by Crippen LogP contribution is -2.23. The van der Waals surface area contributed by atoms with Gasteiger partial charge >= 0.3 is 0 Å². The van der Waals surface area contributed by atoms with E-state index >= 15 is 0 Å². The summed E-state index contributed by atoms with van der Waals surface area (Å²) in [4.78, 5) is 20.3. The van der Waals surface area contributed by atoms with E-state index in [0.717, 1.165) is 35.8 Å². The van der Waals surface area contributed by atoms with Crippen molar-refractivity contribution in [3.8, 4) is 0 Å². The first kappa shape index (κ1) is 12.9. The van der Waals surface area contributed by atoms with Gasteiger partial charge in [-0.1, -0.05) is 24.9 Å². The molecule has 0 atom stereocenters. The van der Waals surface area contributed by atoms with Crippen LogP contribution in [0.1, 0.15) is 25.3 Å². The van der Waals surface area contributed by atoms with Crippen LogP contribution in [-0.4, -0.2) is 22.9 Å². The third-order valence-corrected chi connectivity index (χ3v) is 3.39. The topological polar surface area (TPSA) is 49.0 Å². The van der Waals surface area contributed by atoms with Crippen molar-refractivity contribution in [3.63, 3.8) is 0 Å². The van der Waals surface area contributed by atoms with E-state index in [1.165, 1.54) is 0 Å². The van der Waals surface area contributed by atoms with E-state index in [2.05, 4.69) is 16.9 Å². The molecule has 0 saturated heterocycles. The average molecular weight is 266 g/mol. The maximum atomic E-state index is 11.1. The molecule has 0 aliphatic carbocycles.